The number of fused-ring (bicyclic) bond motifs is 1. The molecule has 0 aromatic heterocycles. The summed E-state index contributed by atoms with van der Waals surface area (Å²) in [6.07, 6.45) is 0.223. The number of benzene rings is 2. The molecule has 0 aliphatic carbocycles. The first-order valence-electron chi connectivity index (χ1n) is 9.58. The number of imide groups is 2. The van der Waals surface area contributed by atoms with Crippen molar-refractivity contribution < 1.29 is 24.1 Å². The second-order valence-corrected chi connectivity index (χ2v) is 7.48. The van der Waals surface area contributed by atoms with E-state index < -0.39 is 34.2 Å². The molecule has 0 saturated carbocycles. The maximum atomic E-state index is 13.0. The van der Waals surface area contributed by atoms with Crippen molar-refractivity contribution in [1.29, 1.82) is 0 Å². The normalized spacial score (nSPS) is 20.3. The van der Waals surface area contributed by atoms with Gasteiger partial charge >= 0.3 is 6.03 Å². The van der Waals surface area contributed by atoms with Crippen molar-refractivity contribution in [3.63, 3.8) is 0 Å². The topological polar surface area (TPSA) is 130 Å². The second-order valence-electron chi connectivity index (χ2n) is 7.48. The molecule has 0 spiro atoms. The van der Waals surface area contributed by atoms with Gasteiger partial charge in [0.05, 0.1) is 16.1 Å². The average molecular weight is 422 g/mol. The Morgan fingerprint density at radius 2 is 1.45 bits per heavy atom. The third-order valence-electron chi connectivity index (χ3n) is 5.57. The van der Waals surface area contributed by atoms with Crippen LogP contribution < -0.4 is 5.32 Å². The fraction of sp³-hybridized carbons (Fsp3) is 0.238. The van der Waals surface area contributed by atoms with Crippen molar-refractivity contribution in [2.75, 3.05) is 13.1 Å². The van der Waals surface area contributed by atoms with Crippen LogP contribution in [0.3, 0.4) is 0 Å². The quantitative estimate of drug-likeness (QED) is 0.328. The zero-order chi connectivity index (χ0) is 22.3. The van der Waals surface area contributed by atoms with E-state index in [2.05, 4.69) is 5.32 Å². The lowest BCUT2D eigenvalue weighted by Gasteiger charge is -2.22. The molecule has 0 radical (unpaired) electrons. The molecule has 2 aromatic rings. The number of nitro groups is 1. The molecule has 2 aliphatic rings. The number of amides is 5. The first-order valence-corrected chi connectivity index (χ1v) is 9.58. The minimum Gasteiger partial charge on any atom is -0.319 e. The summed E-state index contributed by atoms with van der Waals surface area (Å²) in [5, 5.41) is 13.5. The average Bonchev–Trinajstić information content (AvgIpc) is 3.13. The SMILES string of the molecule is CC1(c2ccc([N+](=O)[O-])cc2)NC(=O)N(CCCN2C(=O)c3ccccc3C2=O)C1=O. The number of hydrogen-bond donors (Lipinski definition) is 1. The van der Waals surface area contributed by atoms with Gasteiger partial charge in [0.25, 0.3) is 23.4 Å². The number of nitrogens with one attached hydrogen (secondary N) is 1. The van der Waals surface area contributed by atoms with Gasteiger partial charge in [0.1, 0.15) is 5.54 Å². The molecule has 31 heavy (non-hydrogen) atoms. The van der Waals surface area contributed by atoms with Crippen molar-refractivity contribution in [2.45, 2.75) is 18.9 Å². The fourth-order valence-corrected chi connectivity index (χ4v) is 3.84. The highest BCUT2D eigenvalue weighted by Crippen LogP contribution is 2.30. The monoisotopic (exact) mass is 422 g/mol. The zero-order valence-electron chi connectivity index (χ0n) is 16.5. The van der Waals surface area contributed by atoms with Crippen LogP contribution in [0.15, 0.2) is 48.5 Å². The van der Waals surface area contributed by atoms with Crippen LogP contribution in [0.25, 0.3) is 0 Å². The van der Waals surface area contributed by atoms with Crippen molar-refractivity contribution in [3.05, 3.63) is 75.3 Å². The van der Waals surface area contributed by atoms with Crippen molar-refractivity contribution in [2.24, 2.45) is 0 Å². The maximum absolute atomic E-state index is 13.0. The molecule has 4 rings (SSSR count). The number of non-ortho nitro benzene ring substituents is 1. The molecule has 1 N–H and O–H groups in total. The lowest BCUT2D eigenvalue weighted by Crippen LogP contribution is -2.41. The molecule has 1 saturated heterocycles. The predicted molar refractivity (Wildman–Crippen MR) is 107 cm³/mol. The summed E-state index contributed by atoms with van der Waals surface area (Å²) in [4.78, 5) is 62.6. The van der Waals surface area contributed by atoms with Gasteiger partial charge in [-0.3, -0.25) is 34.3 Å². The molecule has 2 aliphatic heterocycles. The van der Waals surface area contributed by atoms with Crippen LogP contribution >= 0.6 is 0 Å². The van der Waals surface area contributed by atoms with Crippen molar-refractivity contribution in [3.8, 4) is 0 Å². The third-order valence-corrected chi connectivity index (χ3v) is 5.57. The summed E-state index contributed by atoms with van der Waals surface area (Å²) in [5.74, 6) is -1.30. The van der Waals surface area contributed by atoms with Crippen LogP contribution in [0.4, 0.5) is 10.5 Å². The van der Waals surface area contributed by atoms with E-state index in [0.717, 1.165) is 9.80 Å². The van der Waals surface area contributed by atoms with Gasteiger partial charge in [-0.2, -0.15) is 0 Å². The Balaban J connectivity index is 1.43. The van der Waals surface area contributed by atoms with E-state index in [1.54, 1.807) is 24.3 Å². The molecule has 5 amide bonds. The van der Waals surface area contributed by atoms with Gasteiger partial charge in [-0.25, -0.2) is 4.79 Å². The fourth-order valence-electron chi connectivity index (χ4n) is 3.84. The lowest BCUT2D eigenvalue weighted by molar-refractivity contribution is -0.384. The van der Waals surface area contributed by atoms with Gasteiger partial charge in [-0.15, -0.1) is 0 Å². The number of carbonyl (C=O) groups excluding carboxylic acids is 4. The zero-order valence-corrected chi connectivity index (χ0v) is 16.5. The van der Waals surface area contributed by atoms with Crippen LogP contribution in [0, 0.1) is 10.1 Å². The van der Waals surface area contributed by atoms with Gasteiger partial charge in [-0.05, 0) is 43.2 Å². The summed E-state index contributed by atoms with van der Waals surface area (Å²) in [6.45, 7) is 1.61. The number of hydrogen-bond acceptors (Lipinski definition) is 6. The van der Waals surface area contributed by atoms with E-state index in [1.807, 2.05) is 0 Å². The van der Waals surface area contributed by atoms with E-state index in [0.29, 0.717) is 16.7 Å². The van der Waals surface area contributed by atoms with Crippen molar-refractivity contribution in [1.82, 2.24) is 15.1 Å². The molecular weight excluding hydrogens is 404 g/mol. The van der Waals surface area contributed by atoms with Gasteiger partial charge in [0.2, 0.25) is 0 Å². The maximum Gasteiger partial charge on any atom is 0.325 e. The molecule has 0 bridgehead atoms. The molecule has 2 aromatic carbocycles. The summed E-state index contributed by atoms with van der Waals surface area (Å²) in [5.41, 5.74) is -0.385. The molecule has 10 nitrogen and oxygen atoms in total. The minimum atomic E-state index is -1.36. The first kappa shape index (κ1) is 20.2. The van der Waals surface area contributed by atoms with Crippen LogP contribution in [0.1, 0.15) is 39.6 Å². The number of nitro benzene ring substituents is 1. The van der Waals surface area contributed by atoms with Gasteiger partial charge in [-0.1, -0.05) is 12.1 Å². The highest BCUT2D eigenvalue weighted by atomic mass is 16.6. The third kappa shape index (κ3) is 3.21. The van der Waals surface area contributed by atoms with Gasteiger partial charge in [0, 0.05) is 25.2 Å². The van der Waals surface area contributed by atoms with E-state index in [1.165, 1.54) is 31.2 Å². The molecule has 2 heterocycles. The minimum absolute atomic E-state index is 0.0145. The molecule has 1 unspecified atom stereocenters. The summed E-state index contributed by atoms with van der Waals surface area (Å²) in [7, 11) is 0. The summed E-state index contributed by atoms with van der Waals surface area (Å²) in [6, 6.07) is 11.3. The van der Waals surface area contributed by atoms with Crippen LogP contribution in [-0.4, -0.2) is 51.6 Å². The van der Waals surface area contributed by atoms with E-state index in [9.17, 15) is 29.3 Å². The first-order chi connectivity index (χ1) is 14.7. The molecule has 1 fully saturated rings. The molecule has 10 heteroatoms. The van der Waals surface area contributed by atoms with Crippen LogP contribution in [0.5, 0.6) is 0 Å². The lowest BCUT2D eigenvalue weighted by atomic mass is 9.92. The molecule has 158 valence electrons. The molecule has 1 atom stereocenters. The second kappa shape index (κ2) is 7.31. The van der Waals surface area contributed by atoms with Crippen LogP contribution in [0.2, 0.25) is 0 Å². The van der Waals surface area contributed by atoms with Crippen molar-refractivity contribution >= 4 is 29.4 Å². The Labute approximate surface area is 176 Å². The smallest absolute Gasteiger partial charge is 0.319 e. The Kier molecular flexibility index (Phi) is 4.77. The largest absolute Gasteiger partial charge is 0.325 e. The number of nitrogens with zero attached hydrogens (tertiary/aromatic N) is 3. The molecular formula is C21H18N4O6. The number of carbonyl (C=O) groups is 4. The predicted octanol–water partition coefficient (Wildman–Crippen LogP) is 2.05. The Morgan fingerprint density at radius 3 is 2.00 bits per heavy atom. The highest BCUT2D eigenvalue weighted by molar-refractivity contribution is 6.21. The van der Waals surface area contributed by atoms with Crippen LogP contribution in [-0.2, 0) is 10.3 Å². The summed E-state index contributed by atoms with van der Waals surface area (Å²) < 4.78 is 0. The van der Waals surface area contributed by atoms with E-state index in [-0.39, 0.29) is 25.2 Å². The van der Waals surface area contributed by atoms with E-state index >= 15 is 0 Å². The Hall–Kier alpha value is -4.08. The number of rotatable bonds is 6. The van der Waals surface area contributed by atoms with Gasteiger partial charge < -0.3 is 5.32 Å². The standard InChI is InChI=1S/C21H18N4O6/c1-21(13-7-9-14(10-8-13)25(30)31)19(28)24(20(29)22-21)12-4-11-23-17(26)15-5-2-3-6-16(15)18(23)27/h2-3,5-10H,4,11-12H2,1H3,(H,22,29). The summed E-state index contributed by atoms with van der Waals surface area (Å²) >= 11 is 0. The Morgan fingerprint density at radius 1 is 0.903 bits per heavy atom. The van der Waals surface area contributed by atoms with E-state index in [4.69, 9.17) is 0 Å². The highest BCUT2D eigenvalue weighted by Gasteiger charge is 2.49. The Bertz CT molecular complexity index is 1090. The van der Waals surface area contributed by atoms with Gasteiger partial charge in [0.15, 0.2) is 0 Å². The number of urea groups is 1.